The molecule has 32 valence electrons. The molecule has 0 N–H and O–H groups in total. The number of hydrogen-bond acceptors (Lipinski definition) is 0. The Morgan fingerprint density at radius 3 is 1.25 bits per heavy atom. The third-order valence-corrected chi connectivity index (χ3v) is 0. The second-order valence-corrected chi connectivity index (χ2v) is 0. The molecule has 0 radical (unpaired) electrons. The average Bonchev–Trinajstić information content (AvgIpc) is 1.50. The van der Waals surface area contributed by atoms with Crippen molar-refractivity contribution < 1.29 is 20.0 Å². The standard InChI is InChI=1S/Ag.ClH.I2/c;;1-2/h;1H;/q+1;;/p-1. The molecule has 0 aromatic rings. The first kappa shape index (κ1) is 9.70. The zero-order valence-electron chi connectivity index (χ0n) is 1.44. The van der Waals surface area contributed by atoms with Crippen molar-refractivity contribution in [3.8, 4) is 0 Å². The van der Waals surface area contributed by atoms with Gasteiger partial charge in [0, 0.05) is 37.2 Å². The maximum atomic E-state index is 4.45. The van der Waals surface area contributed by atoms with Gasteiger partial charge in [0.2, 0.25) is 0 Å². The summed E-state index contributed by atoms with van der Waals surface area (Å²) in [5.41, 5.74) is 0. The molecule has 0 aromatic heterocycles. The van der Waals surface area contributed by atoms with Crippen molar-refractivity contribution in [2.24, 2.45) is 0 Å². The van der Waals surface area contributed by atoms with Crippen LogP contribution >= 0.6 is 46.4 Å². The first-order chi connectivity index (χ1) is 2.00. The van der Waals surface area contributed by atoms with Gasteiger partial charge in [-0.3, -0.25) is 0 Å². The third-order valence-electron chi connectivity index (χ3n) is 0. The molecule has 0 unspecified atom stereocenters. The molecule has 0 fully saturated rings. The molecule has 0 saturated carbocycles. The summed E-state index contributed by atoms with van der Waals surface area (Å²) in [4.78, 5) is 0. The molecule has 0 aliphatic carbocycles. The summed E-state index contributed by atoms with van der Waals surface area (Å²) < 4.78 is 0. The van der Waals surface area contributed by atoms with E-state index >= 15 is 0 Å². The minimum atomic E-state index is 2.12. The molecule has 0 heterocycles. The van der Waals surface area contributed by atoms with Gasteiger partial charge in [0.15, 0.2) is 0 Å². The molecular weight excluding hydrogens is 397 g/mol. The Morgan fingerprint density at radius 2 is 1.25 bits per heavy atom. The van der Waals surface area contributed by atoms with Crippen molar-refractivity contribution in [1.82, 2.24) is 0 Å². The van der Waals surface area contributed by atoms with E-state index in [1.165, 1.54) is 0 Å². The Hall–Kier alpha value is 2.49. The summed E-state index contributed by atoms with van der Waals surface area (Å²) in [5, 5.41) is 0. The van der Waals surface area contributed by atoms with Crippen molar-refractivity contribution in [2.75, 3.05) is 0 Å². The van der Waals surface area contributed by atoms with Gasteiger partial charge in [-0.15, -0.1) is 0 Å². The normalized spacial score (nSPS) is 3.25. The van der Waals surface area contributed by atoms with Crippen LogP contribution in [0.15, 0.2) is 0 Å². The SMILES string of the molecule is II.[Cl][Ag]. The molecule has 0 bridgehead atoms. The van der Waals surface area contributed by atoms with E-state index in [9.17, 15) is 0 Å². The van der Waals surface area contributed by atoms with E-state index in [1.807, 2.05) is 0 Å². The van der Waals surface area contributed by atoms with E-state index in [0.29, 0.717) is 0 Å². The Labute approximate surface area is 65.1 Å². The molecule has 0 nitrogen and oxygen atoms in total. The molecule has 0 saturated heterocycles. The fraction of sp³-hybridized carbons (Fsp3) is 0. The monoisotopic (exact) mass is 396 g/mol. The Bertz CT molecular complexity index is 6.00. The van der Waals surface area contributed by atoms with E-state index in [2.05, 4.69) is 66.4 Å². The fourth-order valence-corrected chi connectivity index (χ4v) is 0. The van der Waals surface area contributed by atoms with Gasteiger partial charge >= 0.3 is 29.2 Å². The van der Waals surface area contributed by atoms with Crippen LogP contribution in [-0.4, -0.2) is 0 Å². The van der Waals surface area contributed by atoms with Gasteiger partial charge in [-0.05, 0) is 0 Å². The van der Waals surface area contributed by atoms with Gasteiger partial charge in [0.1, 0.15) is 0 Å². The molecule has 4 heteroatoms. The van der Waals surface area contributed by atoms with Gasteiger partial charge in [0.25, 0.3) is 0 Å². The molecular formula is AgClI2. The van der Waals surface area contributed by atoms with Gasteiger partial charge in [-0.2, -0.15) is 0 Å². The van der Waals surface area contributed by atoms with Crippen molar-refractivity contribution in [3.63, 3.8) is 0 Å². The summed E-state index contributed by atoms with van der Waals surface area (Å²) in [6, 6.07) is 0. The van der Waals surface area contributed by atoms with Gasteiger partial charge < -0.3 is 0 Å². The van der Waals surface area contributed by atoms with Gasteiger partial charge in [-0.25, -0.2) is 0 Å². The Kier molecular flexibility index (Phi) is 43.3. The van der Waals surface area contributed by atoms with Crippen LogP contribution in [0.25, 0.3) is 0 Å². The van der Waals surface area contributed by atoms with Crippen LogP contribution in [0.4, 0.5) is 0 Å². The van der Waals surface area contributed by atoms with Crippen LogP contribution in [0.1, 0.15) is 0 Å². The van der Waals surface area contributed by atoms with Crippen LogP contribution in [0, 0.1) is 0 Å². The Balaban J connectivity index is 0. The van der Waals surface area contributed by atoms with Crippen molar-refractivity contribution in [2.45, 2.75) is 0 Å². The van der Waals surface area contributed by atoms with Crippen LogP contribution in [0.5, 0.6) is 0 Å². The minimum absolute atomic E-state index is 2.12. The second kappa shape index (κ2) is 17.9. The van der Waals surface area contributed by atoms with Crippen molar-refractivity contribution in [3.05, 3.63) is 0 Å². The molecule has 0 spiro atoms. The molecule has 0 aromatic carbocycles. The molecule has 4 heavy (non-hydrogen) atoms. The van der Waals surface area contributed by atoms with Gasteiger partial charge in [0.05, 0.1) is 0 Å². The zero-order chi connectivity index (χ0) is 4.00. The summed E-state index contributed by atoms with van der Waals surface area (Å²) in [6.07, 6.45) is 0. The first-order valence-electron chi connectivity index (χ1n) is 0.257. The zero-order valence-corrected chi connectivity index (χ0v) is 7.99. The fourth-order valence-electron chi connectivity index (χ4n) is 0. The maximum absolute atomic E-state index is 4.45. The predicted molar refractivity (Wildman–Crippen MR) is 33.9 cm³/mol. The van der Waals surface area contributed by atoms with E-state index in [0.717, 1.165) is 0 Å². The summed E-state index contributed by atoms with van der Waals surface area (Å²) >= 11 is 6.66. The average molecular weight is 397 g/mol. The molecule has 0 aliphatic heterocycles. The third kappa shape index (κ3) is 8.82. The van der Waals surface area contributed by atoms with E-state index in [4.69, 9.17) is 0 Å². The summed E-state index contributed by atoms with van der Waals surface area (Å²) in [5.74, 6) is 0. The quantitative estimate of drug-likeness (QED) is 0.435. The molecule has 0 aliphatic rings. The first-order valence-corrected chi connectivity index (χ1v) is 8.45. The molecule has 0 atom stereocenters. The summed E-state index contributed by atoms with van der Waals surface area (Å²) in [6.45, 7) is 0. The number of halogens is 3. The van der Waals surface area contributed by atoms with Crippen molar-refractivity contribution in [1.29, 1.82) is 0 Å². The molecule has 0 amide bonds. The van der Waals surface area contributed by atoms with Crippen LogP contribution in [-0.2, 0) is 20.0 Å². The van der Waals surface area contributed by atoms with E-state index in [1.54, 1.807) is 0 Å². The Morgan fingerprint density at radius 1 is 1.25 bits per heavy atom. The number of rotatable bonds is 0. The van der Waals surface area contributed by atoms with Crippen LogP contribution < -0.4 is 0 Å². The predicted octanol–water partition coefficient (Wildman–Crippen LogP) is 2.46. The second-order valence-electron chi connectivity index (χ2n) is 0. The summed E-state index contributed by atoms with van der Waals surface area (Å²) in [7, 11) is 4.45. The van der Waals surface area contributed by atoms with Crippen molar-refractivity contribution >= 4 is 46.4 Å². The topological polar surface area (TPSA) is 0 Å². The van der Waals surface area contributed by atoms with Crippen LogP contribution in [0.2, 0.25) is 0 Å². The van der Waals surface area contributed by atoms with Crippen LogP contribution in [0.3, 0.4) is 0 Å². The molecule has 0 rings (SSSR count). The van der Waals surface area contributed by atoms with Gasteiger partial charge in [-0.1, -0.05) is 0 Å². The number of hydrogen-bond donors (Lipinski definition) is 0. The van der Waals surface area contributed by atoms with E-state index < -0.39 is 0 Å². The van der Waals surface area contributed by atoms with E-state index in [-0.39, 0.29) is 0 Å².